The van der Waals surface area contributed by atoms with Gasteiger partial charge in [0.25, 0.3) is 6.71 Å². The van der Waals surface area contributed by atoms with Gasteiger partial charge in [0, 0.05) is 29.0 Å². The van der Waals surface area contributed by atoms with Gasteiger partial charge in [0.1, 0.15) is 23.0 Å². The van der Waals surface area contributed by atoms with E-state index < -0.39 is 0 Å². The summed E-state index contributed by atoms with van der Waals surface area (Å²) in [7, 11) is 0. The molecule has 2 aliphatic rings. The van der Waals surface area contributed by atoms with E-state index in [0.717, 1.165) is 45.5 Å². The van der Waals surface area contributed by atoms with Crippen LogP contribution in [0.5, 0.6) is 23.0 Å². The summed E-state index contributed by atoms with van der Waals surface area (Å²) in [4.78, 5) is 2.31. The van der Waals surface area contributed by atoms with Crippen molar-refractivity contribution in [3.8, 4) is 23.0 Å². The highest BCUT2D eigenvalue weighted by molar-refractivity contribution is 6.98. The molecule has 0 N–H and O–H groups in total. The van der Waals surface area contributed by atoms with Crippen LogP contribution in [0, 0.1) is 13.8 Å². The molecule has 9 rings (SSSR count). The van der Waals surface area contributed by atoms with Gasteiger partial charge in [-0.25, -0.2) is 0 Å². The molecule has 7 aromatic carbocycles. The van der Waals surface area contributed by atoms with Crippen molar-refractivity contribution in [3.05, 3.63) is 145 Å². The van der Waals surface area contributed by atoms with E-state index in [2.05, 4.69) is 152 Å². The fourth-order valence-corrected chi connectivity index (χ4v) is 6.90. The molecule has 0 radical (unpaired) electrons. The maximum absolute atomic E-state index is 6.74. The number of nitrogens with zero attached hydrogens (tertiary/aromatic N) is 1. The highest BCUT2D eigenvalue weighted by Crippen LogP contribution is 2.43. The summed E-state index contributed by atoms with van der Waals surface area (Å²) in [5.74, 6) is 3.47. The fourth-order valence-electron chi connectivity index (χ4n) is 6.90. The van der Waals surface area contributed by atoms with Gasteiger partial charge in [-0.3, -0.25) is 0 Å². The van der Waals surface area contributed by atoms with E-state index in [9.17, 15) is 0 Å². The van der Waals surface area contributed by atoms with Crippen molar-refractivity contribution in [2.24, 2.45) is 0 Å². The molecule has 44 heavy (non-hydrogen) atoms. The summed E-state index contributed by atoms with van der Waals surface area (Å²) in [5.41, 5.74) is 8.90. The minimum atomic E-state index is 0.0394. The second-order valence-electron chi connectivity index (χ2n) is 12.0. The second kappa shape index (κ2) is 9.52. The molecule has 2 heterocycles. The zero-order chi connectivity index (χ0) is 29.4. The second-order valence-corrected chi connectivity index (χ2v) is 12.0. The zero-order valence-electron chi connectivity index (χ0n) is 24.5. The normalized spacial score (nSPS) is 12.6. The first kappa shape index (κ1) is 25.1. The van der Waals surface area contributed by atoms with Crippen LogP contribution in [0.3, 0.4) is 0 Å². The number of rotatable bonds is 3. The predicted octanol–water partition coefficient (Wildman–Crippen LogP) is 8.81. The minimum absolute atomic E-state index is 0.0394. The van der Waals surface area contributed by atoms with Gasteiger partial charge in [-0.15, -0.1) is 0 Å². The van der Waals surface area contributed by atoms with Gasteiger partial charge >= 0.3 is 0 Å². The first-order chi connectivity index (χ1) is 21.6. The lowest BCUT2D eigenvalue weighted by molar-refractivity contribution is 0.464. The molecule has 2 aliphatic heterocycles. The van der Waals surface area contributed by atoms with E-state index in [1.165, 1.54) is 43.6 Å². The van der Waals surface area contributed by atoms with Crippen molar-refractivity contribution in [2.75, 3.05) is 4.90 Å². The molecule has 0 aliphatic carbocycles. The summed E-state index contributed by atoms with van der Waals surface area (Å²) in [6.45, 7) is 4.27. The molecule has 0 amide bonds. The number of hydrogen-bond acceptors (Lipinski definition) is 3. The monoisotopic (exact) mass is 565 g/mol. The highest BCUT2D eigenvalue weighted by atomic mass is 16.5. The lowest BCUT2D eigenvalue weighted by Gasteiger charge is -2.35. The molecule has 208 valence electrons. The van der Waals surface area contributed by atoms with Crippen molar-refractivity contribution >= 4 is 61.7 Å². The van der Waals surface area contributed by atoms with Gasteiger partial charge in [-0.2, -0.15) is 0 Å². The van der Waals surface area contributed by atoms with Gasteiger partial charge in [-0.05, 0) is 93.8 Å². The first-order valence-corrected chi connectivity index (χ1v) is 15.1. The summed E-state index contributed by atoms with van der Waals surface area (Å²) in [6, 6.07) is 47.8. The average Bonchev–Trinajstić information content (AvgIpc) is 3.04. The highest BCUT2D eigenvalue weighted by Gasteiger charge is 2.40. The molecule has 7 aromatic rings. The molecule has 0 saturated carbocycles. The molecular formula is C40H28BNO2. The Morgan fingerprint density at radius 2 is 0.909 bits per heavy atom. The zero-order valence-corrected chi connectivity index (χ0v) is 24.5. The Labute approximate surface area is 257 Å². The molecule has 0 bridgehead atoms. The third-order valence-corrected chi connectivity index (χ3v) is 9.02. The SMILES string of the molecule is Cc1ccc2c(c1)Oc1cc(N(c3ccc4ccccc4c3)c3ccc4ccccc4c3)cc3c1B2c1ccc(C)cc1O3. The summed E-state index contributed by atoms with van der Waals surface area (Å²) >= 11 is 0. The van der Waals surface area contributed by atoms with Crippen LogP contribution in [-0.4, -0.2) is 6.71 Å². The number of fused-ring (bicyclic) bond motifs is 6. The van der Waals surface area contributed by atoms with Crippen molar-refractivity contribution in [1.82, 2.24) is 0 Å². The molecular weight excluding hydrogens is 537 g/mol. The van der Waals surface area contributed by atoms with E-state index in [1.807, 2.05) is 0 Å². The van der Waals surface area contributed by atoms with Gasteiger partial charge in [0.15, 0.2) is 0 Å². The molecule has 0 fully saturated rings. The maximum Gasteiger partial charge on any atom is 0.260 e. The Hall–Kier alpha value is -5.48. The van der Waals surface area contributed by atoms with Crippen molar-refractivity contribution in [2.45, 2.75) is 13.8 Å². The van der Waals surface area contributed by atoms with Crippen molar-refractivity contribution in [3.63, 3.8) is 0 Å². The Balaban J connectivity index is 1.29. The Morgan fingerprint density at radius 3 is 1.41 bits per heavy atom. The first-order valence-electron chi connectivity index (χ1n) is 15.1. The average molecular weight is 565 g/mol. The predicted molar refractivity (Wildman–Crippen MR) is 183 cm³/mol. The lowest BCUT2D eigenvalue weighted by Crippen LogP contribution is -2.57. The molecule has 4 heteroatoms. The van der Waals surface area contributed by atoms with Gasteiger partial charge in [0.2, 0.25) is 0 Å². The third-order valence-electron chi connectivity index (χ3n) is 9.02. The smallest absolute Gasteiger partial charge is 0.260 e. The van der Waals surface area contributed by atoms with E-state index in [-0.39, 0.29) is 6.71 Å². The van der Waals surface area contributed by atoms with Gasteiger partial charge in [0.05, 0.1) is 5.69 Å². The van der Waals surface area contributed by atoms with Crippen LogP contribution in [0.4, 0.5) is 17.1 Å². The van der Waals surface area contributed by atoms with Crippen LogP contribution < -0.4 is 30.8 Å². The van der Waals surface area contributed by atoms with Crippen molar-refractivity contribution < 1.29 is 9.47 Å². The van der Waals surface area contributed by atoms with E-state index in [0.29, 0.717) is 0 Å². The maximum atomic E-state index is 6.74. The Morgan fingerprint density at radius 1 is 0.432 bits per heavy atom. The standard InChI is InChI=1S/C40H28BNO2/c1-25-11-17-34-36(19-25)43-38-23-33(24-39-40(38)41(34)35-18-12-26(2)20-37(35)44-39)42(31-15-13-27-7-3-5-9-29(27)21-31)32-16-14-28-8-4-6-10-30(28)22-32/h3-24H,1-2H3. The van der Waals surface area contributed by atoms with Crippen molar-refractivity contribution in [1.29, 1.82) is 0 Å². The largest absolute Gasteiger partial charge is 0.458 e. The summed E-state index contributed by atoms with van der Waals surface area (Å²) in [5, 5.41) is 4.81. The number of hydrogen-bond donors (Lipinski definition) is 0. The fraction of sp³-hybridized carbons (Fsp3) is 0.0500. The van der Waals surface area contributed by atoms with Crippen LogP contribution in [0.2, 0.25) is 0 Å². The Kier molecular flexibility index (Phi) is 5.42. The number of anilines is 3. The molecule has 3 nitrogen and oxygen atoms in total. The van der Waals surface area contributed by atoms with Crippen LogP contribution in [0.1, 0.15) is 11.1 Å². The molecule has 0 unspecified atom stereocenters. The van der Waals surface area contributed by atoms with Gasteiger partial charge < -0.3 is 14.4 Å². The summed E-state index contributed by atoms with van der Waals surface area (Å²) in [6.07, 6.45) is 0. The minimum Gasteiger partial charge on any atom is -0.458 e. The summed E-state index contributed by atoms with van der Waals surface area (Å²) < 4.78 is 13.5. The van der Waals surface area contributed by atoms with E-state index >= 15 is 0 Å². The number of benzene rings is 7. The van der Waals surface area contributed by atoms with Crippen LogP contribution in [-0.2, 0) is 0 Å². The molecule has 0 saturated heterocycles. The number of aryl methyl sites for hydroxylation is 2. The number of ether oxygens (including phenoxy) is 2. The van der Waals surface area contributed by atoms with E-state index in [4.69, 9.17) is 9.47 Å². The third kappa shape index (κ3) is 3.91. The molecule has 0 atom stereocenters. The van der Waals surface area contributed by atoms with Gasteiger partial charge in [-0.1, -0.05) is 84.9 Å². The molecule has 0 spiro atoms. The lowest BCUT2D eigenvalue weighted by atomic mass is 9.35. The topological polar surface area (TPSA) is 21.7 Å². The van der Waals surface area contributed by atoms with Crippen LogP contribution in [0.25, 0.3) is 21.5 Å². The quantitative estimate of drug-likeness (QED) is 0.200. The molecule has 0 aromatic heterocycles. The van der Waals surface area contributed by atoms with Crippen LogP contribution in [0.15, 0.2) is 133 Å². The van der Waals surface area contributed by atoms with Crippen LogP contribution >= 0.6 is 0 Å². The Bertz CT molecular complexity index is 2140. The van der Waals surface area contributed by atoms with E-state index in [1.54, 1.807) is 0 Å².